The van der Waals surface area contributed by atoms with Crippen molar-refractivity contribution in [1.82, 2.24) is 9.55 Å². The van der Waals surface area contributed by atoms with Gasteiger partial charge in [0.15, 0.2) is 0 Å². The fraction of sp³-hybridized carbons (Fsp3) is 0.208. The molecule has 1 aromatic heterocycles. The van der Waals surface area contributed by atoms with Crippen LogP contribution in [0, 0.1) is 6.92 Å². The molecule has 28 heavy (non-hydrogen) atoms. The number of rotatable bonds is 7. The molecule has 142 valence electrons. The molecular weight excluding hydrogens is 348 g/mol. The van der Waals surface area contributed by atoms with E-state index < -0.39 is 0 Å². The van der Waals surface area contributed by atoms with E-state index in [-0.39, 0.29) is 0 Å². The van der Waals surface area contributed by atoms with Crippen molar-refractivity contribution >= 4 is 11.0 Å². The van der Waals surface area contributed by atoms with Gasteiger partial charge in [-0.25, -0.2) is 4.98 Å². The smallest absolute Gasteiger partial charge is 0.131 e. The number of benzene rings is 3. The lowest BCUT2D eigenvalue weighted by atomic mass is 10.2. The van der Waals surface area contributed by atoms with Gasteiger partial charge < -0.3 is 14.0 Å². The van der Waals surface area contributed by atoms with Crippen LogP contribution in [0.15, 0.2) is 72.8 Å². The van der Waals surface area contributed by atoms with Gasteiger partial charge in [-0.3, -0.25) is 0 Å². The maximum Gasteiger partial charge on any atom is 0.131 e. The summed E-state index contributed by atoms with van der Waals surface area (Å²) in [6.45, 7) is 5.63. The van der Waals surface area contributed by atoms with Crippen molar-refractivity contribution in [2.24, 2.45) is 0 Å². The molecule has 0 aliphatic rings. The number of hydrogen-bond donors (Lipinski definition) is 0. The van der Waals surface area contributed by atoms with Crippen molar-refractivity contribution in [2.45, 2.75) is 26.8 Å². The second kappa shape index (κ2) is 8.17. The minimum Gasteiger partial charge on any atom is -0.493 e. The zero-order chi connectivity index (χ0) is 19.3. The Kier molecular flexibility index (Phi) is 5.29. The highest BCUT2D eigenvalue weighted by molar-refractivity contribution is 5.75. The number of ether oxygens (including phenoxy) is 2. The Bertz CT molecular complexity index is 1070. The van der Waals surface area contributed by atoms with Gasteiger partial charge in [-0.05, 0) is 55.3 Å². The Balaban J connectivity index is 1.47. The predicted octanol–water partition coefficient (Wildman–Crippen LogP) is 5.97. The fourth-order valence-electron chi connectivity index (χ4n) is 3.22. The van der Waals surface area contributed by atoms with Crippen LogP contribution in [0.1, 0.15) is 24.7 Å². The molecule has 4 nitrogen and oxygen atoms in total. The van der Waals surface area contributed by atoms with Crippen LogP contribution in [0.5, 0.6) is 17.2 Å². The number of aryl methyl sites for hydroxylation is 1. The summed E-state index contributed by atoms with van der Waals surface area (Å²) in [5.41, 5.74) is 3.40. The van der Waals surface area contributed by atoms with E-state index in [4.69, 9.17) is 9.47 Å². The molecule has 0 aliphatic carbocycles. The highest BCUT2D eigenvalue weighted by atomic mass is 16.5. The molecule has 0 amide bonds. The van der Waals surface area contributed by atoms with E-state index in [0.29, 0.717) is 6.61 Å². The van der Waals surface area contributed by atoms with Crippen LogP contribution in [0.25, 0.3) is 11.0 Å². The quantitative estimate of drug-likeness (QED) is 0.401. The number of hydrogen-bond acceptors (Lipinski definition) is 3. The van der Waals surface area contributed by atoms with Crippen LogP contribution in [0.3, 0.4) is 0 Å². The maximum atomic E-state index is 5.98. The number of fused-ring (bicyclic) bond motifs is 1. The van der Waals surface area contributed by atoms with E-state index in [1.807, 2.05) is 55.5 Å². The third-order valence-electron chi connectivity index (χ3n) is 4.62. The first kappa shape index (κ1) is 18.1. The SMILES string of the molecule is CCCOc1cccc(Oc2ccc(Cn3c(C)nc4ccccc43)cc2)c1. The summed E-state index contributed by atoms with van der Waals surface area (Å²) in [4.78, 5) is 4.64. The van der Waals surface area contributed by atoms with Crippen LogP contribution in [0.2, 0.25) is 0 Å². The van der Waals surface area contributed by atoms with Gasteiger partial charge in [0.2, 0.25) is 0 Å². The van der Waals surface area contributed by atoms with Crippen molar-refractivity contribution < 1.29 is 9.47 Å². The summed E-state index contributed by atoms with van der Waals surface area (Å²) in [6, 6.07) is 24.2. The highest BCUT2D eigenvalue weighted by Crippen LogP contribution is 2.26. The Morgan fingerprint density at radius 3 is 2.46 bits per heavy atom. The molecule has 4 rings (SSSR count). The standard InChI is InChI=1S/C24H24N2O2/c1-3-15-27-21-7-6-8-22(16-21)28-20-13-11-19(12-14-20)17-26-18(2)25-23-9-4-5-10-24(23)26/h4-14,16H,3,15,17H2,1-2H3. The van der Waals surface area contributed by atoms with Crippen LogP contribution < -0.4 is 9.47 Å². The molecule has 4 aromatic rings. The fourth-order valence-corrected chi connectivity index (χ4v) is 3.22. The number of para-hydroxylation sites is 2. The van der Waals surface area contributed by atoms with Crippen LogP contribution in [-0.2, 0) is 6.54 Å². The number of imidazole rings is 1. The highest BCUT2D eigenvalue weighted by Gasteiger charge is 2.07. The van der Waals surface area contributed by atoms with Gasteiger partial charge in [0.25, 0.3) is 0 Å². The molecule has 1 heterocycles. The summed E-state index contributed by atoms with van der Waals surface area (Å²) in [5.74, 6) is 3.44. The van der Waals surface area contributed by atoms with Crippen LogP contribution in [0.4, 0.5) is 0 Å². The molecule has 4 heteroatoms. The zero-order valence-electron chi connectivity index (χ0n) is 16.3. The van der Waals surface area contributed by atoms with Crippen molar-refractivity contribution in [3.63, 3.8) is 0 Å². The largest absolute Gasteiger partial charge is 0.493 e. The summed E-state index contributed by atoms with van der Waals surface area (Å²) in [7, 11) is 0. The third-order valence-corrected chi connectivity index (χ3v) is 4.62. The minimum absolute atomic E-state index is 0.709. The molecule has 0 aliphatic heterocycles. The molecule has 0 atom stereocenters. The normalized spacial score (nSPS) is 10.9. The van der Waals surface area contributed by atoms with E-state index in [2.05, 4.69) is 40.7 Å². The Morgan fingerprint density at radius 2 is 1.64 bits per heavy atom. The molecule has 0 unspecified atom stereocenters. The Hall–Kier alpha value is -3.27. The first-order valence-corrected chi connectivity index (χ1v) is 9.64. The second-order valence-electron chi connectivity index (χ2n) is 6.80. The number of nitrogens with zero attached hydrogens (tertiary/aromatic N) is 2. The molecule has 0 spiro atoms. The molecular formula is C24H24N2O2. The van der Waals surface area contributed by atoms with E-state index in [0.717, 1.165) is 47.1 Å². The Morgan fingerprint density at radius 1 is 0.857 bits per heavy atom. The lowest BCUT2D eigenvalue weighted by molar-refractivity contribution is 0.316. The van der Waals surface area contributed by atoms with Crippen LogP contribution in [-0.4, -0.2) is 16.2 Å². The summed E-state index contributed by atoms with van der Waals surface area (Å²) >= 11 is 0. The van der Waals surface area contributed by atoms with Crippen LogP contribution >= 0.6 is 0 Å². The van der Waals surface area contributed by atoms with Gasteiger partial charge in [-0.1, -0.05) is 37.3 Å². The second-order valence-corrected chi connectivity index (χ2v) is 6.80. The van der Waals surface area contributed by atoms with E-state index >= 15 is 0 Å². The minimum atomic E-state index is 0.709. The third kappa shape index (κ3) is 4.01. The van der Waals surface area contributed by atoms with E-state index in [1.54, 1.807) is 0 Å². The van der Waals surface area contributed by atoms with Gasteiger partial charge in [0.1, 0.15) is 23.1 Å². The molecule has 0 radical (unpaired) electrons. The molecule has 0 fully saturated rings. The average Bonchev–Trinajstić information content (AvgIpc) is 3.03. The molecule has 0 N–H and O–H groups in total. The molecule has 0 saturated carbocycles. The van der Waals surface area contributed by atoms with Crippen molar-refractivity contribution in [3.05, 3.63) is 84.2 Å². The van der Waals surface area contributed by atoms with Crippen molar-refractivity contribution in [1.29, 1.82) is 0 Å². The van der Waals surface area contributed by atoms with E-state index in [9.17, 15) is 0 Å². The molecule has 3 aromatic carbocycles. The van der Waals surface area contributed by atoms with Gasteiger partial charge in [0, 0.05) is 12.6 Å². The topological polar surface area (TPSA) is 36.3 Å². The predicted molar refractivity (Wildman–Crippen MR) is 112 cm³/mol. The zero-order valence-corrected chi connectivity index (χ0v) is 16.3. The average molecular weight is 372 g/mol. The van der Waals surface area contributed by atoms with Crippen molar-refractivity contribution in [2.75, 3.05) is 6.61 Å². The first-order chi connectivity index (χ1) is 13.7. The van der Waals surface area contributed by atoms with E-state index in [1.165, 1.54) is 5.56 Å². The van der Waals surface area contributed by atoms with Crippen molar-refractivity contribution in [3.8, 4) is 17.2 Å². The van der Waals surface area contributed by atoms with Gasteiger partial charge in [-0.15, -0.1) is 0 Å². The molecule has 0 saturated heterocycles. The maximum absolute atomic E-state index is 5.98. The molecule has 0 bridgehead atoms. The first-order valence-electron chi connectivity index (χ1n) is 9.64. The number of aromatic nitrogens is 2. The monoisotopic (exact) mass is 372 g/mol. The lowest BCUT2D eigenvalue weighted by Gasteiger charge is -2.10. The summed E-state index contributed by atoms with van der Waals surface area (Å²) in [5, 5.41) is 0. The van der Waals surface area contributed by atoms with Gasteiger partial charge >= 0.3 is 0 Å². The lowest BCUT2D eigenvalue weighted by Crippen LogP contribution is -2.01. The summed E-state index contributed by atoms with van der Waals surface area (Å²) < 4.78 is 13.9. The summed E-state index contributed by atoms with van der Waals surface area (Å²) in [6.07, 6.45) is 0.984. The Labute approximate surface area is 165 Å². The van der Waals surface area contributed by atoms with Gasteiger partial charge in [-0.2, -0.15) is 0 Å². The van der Waals surface area contributed by atoms with Gasteiger partial charge in [0.05, 0.1) is 17.6 Å².